The van der Waals surface area contributed by atoms with E-state index >= 15 is 0 Å². The predicted molar refractivity (Wildman–Crippen MR) is 79.6 cm³/mol. The van der Waals surface area contributed by atoms with Crippen LogP contribution in [0.3, 0.4) is 0 Å². The van der Waals surface area contributed by atoms with Gasteiger partial charge in [0.2, 0.25) is 5.91 Å². The molecule has 1 amide bonds. The van der Waals surface area contributed by atoms with Crippen molar-refractivity contribution in [3.05, 3.63) is 0 Å². The molecule has 0 aromatic carbocycles. The number of rotatable bonds is 1. The van der Waals surface area contributed by atoms with E-state index in [2.05, 4.69) is 10.2 Å². The molecule has 1 atom stereocenters. The van der Waals surface area contributed by atoms with E-state index < -0.39 is 0 Å². The van der Waals surface area contributed by atoms with Crippen molar-refractivity contribution in [1.82, 2.24) is 10.2 Å². The summed E-state index contributed by atoms with van der Waals surface area (Å²) in [5, 5.41) is 3.33. The van der Waals surface area contributed by atoms with Crippen LogP contribution in [-0.4, -0.2) is 36.5 Å². The minimum absolute atomic E-state index is 0. The predicted octanol–water partition coefficient (Wildman–Crippen LogP) is 2.73. The molecule has 1 N–H and O–H groups in total. The molecule has 0 aromatic heterocycles. The summed E-state index contributed by atoms with van der Waals surface area (Å²) in [6.07, 6.45) is 11.8. The Labute approximate surface area is 122 Å². The maximum absolute atomic E-state index is 12.3. The van der Waals surface area contributed by atoms with Crippen molar-refractivity contribution in [1.29, 1.82) is 0 Å². The van der Waals surface area contributed by atoms with Gasteiger partial charge in [-0.05, 0) is 50.5 Å². The lowest BCUT2D eigenvalue weighted by Gasteiger charge is -2.44. The Morgan fingerprint density at radius 3 is 2.26 bits per heavy atom. The van der Waals surface area contributed by atoms with Crippen molar-refractivity contribution >= 4 is 18.3 Å². The second-order valence-corrected chi connectivity index (χ2v) is 6.53. The summed E-state index contributed by atoms with van der Waals surface area (Å²) in [5.74, 6) is 0.373. The van der Waals surface area contributed by atoms with Crippen molar-refractivity contribution < 1.29 is 4.79 Å². The van der Waals surface area contributed by atoms with Crippen molar-refractivity contribution in [3.63, 3.8) is 0 Å². The van der Waals surface area contributed by atoms with Gasteiger partial charge in [-0.25, -0.2) is 0 Å². The molecule has 0 bridgehead atoms. The van der Waals surface area contributed by atoms with Crippen molar-refractivity contribution in [3.8, 4) is 0 Å². The Balaban J connectivity index is 0.00000133. The number of carbonyl (C=O) groups excluding carboxylic acids is 1. The minimum Gasteiger partial charge on any atom is -0.341 e. The molecule has 3 fully saturated rings. The van der Waals surface area contributed by atoms with Crippen LogP contribution in [0.25, 0.3) is 0 Å². The average Bonchev–Trinajstić information content (AvgIpc) is 2.94. The number of piperidine rings is 1. The van der Waals surface area contributed by atoms with Gasteiger partial charge >= 0.3 is 0 Å². The number of amides is 1. The number of hydrogen-bond donors (Lipinski definition) is 1. The summed E-state index contributed by atoms with van der Waals surface area (Å²) in [6, 6.07) is 0.130. The van der Waals surface area contributed by atoms with Crippen LogP contribution in [0.2, 0.25) is 0 Å². The van der Waals surface area contributed by atoms with Gasteiger partial charge in [0.05, 0.1) is 6.04 Å². The Morgan fingerprint density at radius 2 is 1.68 bits per heavy atom. The zero-order valence-corrected chi connectivity index (χ0v) is 12.6. The normalized spacial score (nSPS) is 30.1. The third kappa shape index (κ3) is 3.25. The Morgan fingerprint density at radius 1 is 1.00 bits per heavy atom. The monoisotopic (exact) mass is 286 g/mol. The molecule has 4 heteroatoms. The van der Waals surface area contributed by atoms with Crippen molar-refractivity contribution in [2.75, 3.05) is 19.6 Å². The van der Waals surface area contributed by atoms with E-state index in [1.165, 1.54) is 44.9 Å². The molecule has 110 valence electrons. The molecule has 0 unspecified atom stereocenters. The largest absolute Gasteiger partial charge is 0.341 e. The summed E-state index contributed by atoms with van der Waals surface area (Å²) >= 11 is 0. The molecule has 2 heterocycles. The smallest absolute Gasteiger partial charge is 0.239 e. The molecule has 3 aliphatic rings. The zero-order valence-electron chi connectivity index (χ0n) is 11.8. The molecule has 1 saturated carbocycles. The number of hydrogen-bond acceptors (Lipinski definition) is 2. The summed E-state index contributed by atoms with van der Waals surface area (Å²) < 4.78 is 0. The first-order valence-corrected chi connectivity index (χ1v) is 7.81. The third-order valence-corrected chi connectivity index (χ3v) is 5.41. The molecule has 3 rings (SSSR count). The quantitative estimate of drug-likeness (QED) is 0.804. The number of nitrogens with zero attached hydrogens (tertiary/aromatic N) is 1. The van der Waals surface area contributed by atoms with E-state index in [1.54, 1.807) is 0 Å². The molecular weight excluding hydrogens is 260 g/mol. The molecule has 0 radical (unpaired) electrons. The molecule has 1 aliphatic carbocycles. The summed E-state index contributed by atoms with van der Waals surface area (Å²) in [5.41, 5.74) is 0.609. The van der Waals surface area contributed by atoms with Gasteiger partial charge in [-0.1, -0.05) is 19.3 Å². The lowest BCUT2D eigenvalue weighted by atomic mass is 9.68. The van der Waals surface area contributed by atoms with Gasteiger partial charge in [0.15, 0.2) is 0 Å². The number of likely N-dealkylation sites (tertiary alicyclic amines) is 1. The van der Waals surface area contributed by atoms with E-state index in [1.807, 2.05) is 0 Å². The highest BCUT2D eigenvalue weighted by molar-refractivity contribution is 5.85. The van der Waals surface area contributed by atoms with Gasteiger partial charge in [0, 0.05) is 13.1 Å². The van der Waals surface area contributed by atoms with Crippen molar-refractivity contribution in [2.24, 2.45) is 5.41 Å². The van der Waals surface area contributed by atoms with Crippen LogP contribution in [0.1, 0.15) is 57.8 Å². The maximum atomic E-state index is 12.3. The van der Waals surface area contributed by atoms with Crippen LogP contribution >= 0.6 is 12.4 Å². The van der Waals surface area contributed by atoms with E-state index in [0.29, 0.717) is 11.3 Å². The van der Waals surface area contributed by atoms with Crippen LogP contribution in [0.5, 0.6) is 0 Å². The molecule has 1 spiro atoms. The second kappa shape index (κ2) is 6.45. The molecule has 2 saturated heterocycles. The van der Waals surface area contributed by atoms with E-state index in [-0.39, 0.29) is 18.4 Å². The zero-order chi connectivity index (χ0) is 12.4. The van der Waals surface area contributed by atoms with Crippen LogP contribution in [0.4, 0.5) is 0 Å². The number of nitrogens with one attached hydrogen (secondary N) is 1. The fourth-order valence-corrected chi connectivity index (χ4v) is 4.12. The first-order valence-electron chi connectivity index (χ1n) is 7.81. The van der Waals surface area contributed by atoms with Gasteiger partial charge in [-0.2, -0.15) is 0 Å². The van der Waals surface area contributed by atoms with Crippen LogP contribution in [-0.2, 0) is 4.79 Å². The maximum Gasteiger partial charge on any atom is 0.239 e. The third-order valence-electron chi connectivity index (χ3n) is 5.41. The highest BCUT2D eigenvalue weighted by atomic mass is 35.5. The molecule has 2 aliphatic heterocycles. The van der Waals surface area contributed by atoms with Gasteiger partial charge < -0.3 is 10.2 Å². The highest BCUT2D eigenvalue weighted by Crippen LogP contribution is 2.44. The molecule has 0 aromatic rings. The SMILES string of the molecule is Cl.O=C([C@@H]1CCCN1)N1CCC2(CCCCC2)CC1. The van der Waals surface area contributed by atoms with Crippen LogP contribution < -0.4 is 5.32 Å². The Kier molecular flexibility index (Phi) is 5.13. The minimum atomic E-state index is 0. The van der Waals surface area contributed by atoms with E-state index in [0.717, 1.165) is 32.5 Å². The van der Waals surface area contributed by atoms with E-state index in [9.17, 15) is 4.79 Å². The molecule has 19 heavy (non-hydrogen) atoms. The number of halogens is 1. The van der Waals surface area contributed by atoms with Crippen LogP contribution in [0, 0.1) is 5.41 Å². The topological polar surface area (TPSA) is 32.3 Å². The van der Waals surface area contributed by atoms with Gasteiger partial charge in [-0.15, -0.1) is 12.4 Å². The fourth-order valence-electron chi connectivity index (χ4n) is 4.12. The van der Waals surface area contributed by atoms with Gasteiger partial charge in [0.25, 0.3) is 0 Å². The standard InChI is InChI=1S/C15H26N2O.ClH/c18-14(13-5-4-10-16-13)17-11-8-15(9-12-17)6-2-1-3-7-15;/h13,16H,1-12H2;1H/t13-;/m0./s1. The highest BCUT2D eigenvalue weighted by Gasteiger charge is 2.38. The van der Waals surface area contributed by atoms with Crippen molar-refractivity contribution in [2.45, 2.75) is 63.8 Å². The van der Waals surface area contributed by atoms with E-state index in [4.69, 9.17) is 0 Å². The summed E-state index contributed by atoms with van der Waals surface area (Å²) in [4.78, 5) is 14.5. The molecular formula is C15H27ClN2O. The Hall–Kier alpha value is -0.280. The number of carbonyl (C=O) groups is 1. The van der Waals surface area contributed by atoms with Gasteiger partial charge in [0.1, 0.15) is 0 Å². The average molecular weight is 287 g/mol. The summed E-state index contributed by atoms with van der Waals surface area (Å²) in [6.45, 7) is 3.04. The Bertz CT molecular complexity index is 299. The first-order chi connectivity index (χ1) is 8.79. The van der Waals surface area contributed by atoms with Crippen LogP contribution in [0.15, 0.2) is 0 Å². The second-order valence-electron chi connectivity index (χ2n) is 6.53. The lowest BCUT2D eigenvalue weighted by molar-refractivity contribution is -0.135. The van der Waals surface area contributed by atoms with Gasteiger partial charge in [-0.3, -0.25) is 4.79 Å². The molecule has 3 nitrogen and oxygen atoms in total. The first kappa shape index (κ1) is 15.1. The fraction of sp³-hybridized carbons (Fsp3) is 0.933. The lowest BCUT2D eigenvalue weighted by Crippen LogP contribution is -2.49. The summed E-state index contributed by atoms with van der Waals surface area (Å²) in [7, 11) is 0.